The van der Waals surface area contributed by atoms with E-state index in [0.717, 1.165) is 31.4 Å². The molecule has 0 aromatic heterocycles. The summed E-state index contributed by atoms with van der Waals surface area (Å²) in [5.41, 5.74) is 0.890. The molecule has 16 heavy (non-hydrogen) atoms. The fourth-order valence-corrected chi connectivity index (χ4v) is 2.40. The minimum atomic E-state index is -0.775. The summed E-state index contributed by atoms with van der Waals surface area (Å²) < 4.78 is 31.4. The molecule has 0 radical (unpaired) electrons. The maximum atomic E-state index is 13.1. The van der Waals surface area contributed by atoms with Gasteiger partial charge in [-0.05, 0) is 49.8 Å². The van der Waals surface area contributed by atoms with Gasteiger partial charge in [-0.25, -0.2) is 8.78 Å². The molecule has 0 saturated heterocycles. The van der Waals surface area contributed by atoms with E-state index in [2.05, 4.69) is 0 Å². The molecule has 1 nitrogen and oxygen atoms in total. The summed E-state index contributed by atoms with van der Waals surface area (Å²) in [4.78, 5) is 0. The molecule has 0 heterocycles. The lowest BCUT2D eigenvalue weighted by Gasteiger charge is -2.12. The molecule has 1 aromatic carbocycles. The average molecular weight is 226 g/mol. The first-order valence-electron chi connectivity index (χ1n) is 5.77. The molecule has 1 fully saturated rings. The Kier molecular flexibility index (Phi) is 3.54. The van der Waals surface area contributed by atoms with Gasteiger partial charge in [0.05, 0.1) is 6.10 Å². The molecule has 3 heteroatoms. The van der Waals surface area contributed by atoms with Crippen molar-refractivity contribution in [3.8, 4) is 0 Å². The predicted octanol–water partition coefficient (Wildman–Crippen LogP) is 3.64. The van der Waals surface area contributed by atoms with Crippen LogP contribution in [0.2, 0.25) is 0 Å². The van der Waals surface area contributed by atoms with Crippen molar-refractivity contribution in [2.75, 3.05) is 6.61 Å². The lowest BCUT2D eigenvalue weighted by Crippen LogP contribution is -2.07. The summed E-state index contributed by atoms with van der Waals surface area (Å²) in [6, 6.07) is 4.20. The lowest BCUT2D eigenvalue weighted by molar-refractivity contribution is 0.0674. The number of hydrogen-bond acceptors (Lipinski definition) is 1. The van der Waals surface area contributed by atoms with Crippen molar-refractivity contribution in [2.24, 2.45) is 0 Å². The number of benzene rings is 1. The summed E-state index contributed by atoms with van der Waals surface area (Å²) in [5.74, 6) is -1.22. The topological polar surface area (TPSA) is 9.23 Å². The van der Waals surface area contributed by atoms with Crippen LogP contribution in [0.3, 0.4) is 0 Å². The van der Waals surface area contributed by atoms with Gasteiger partial charge in [0, 0.05) is 6.61 Å². The quantitative estimate of drug-likeness (QED) is 0.764. The molecule has 1 aromatic rings. The van der Waals surface area contributed by atoms with E-state index in [4.69, 9.17) is 4.74 Å². The van der Waals surface area contributed by atoms with Crippen LogP contribution in [0.5, 0.6) is 0 Å². The van der Waals surface area contributed by atoms with Crippen LogP contribution in [-0.2, 0) is 4.74 Å². The Bertz CT molecular complexity index is 365. The maximum Gasteiger partial charge on any atom is 0.159 e. The van der Waals surface area contributed by atoms with Crippen molar-refractivity contribution >= 4 is 0 Å². The van der Waals surface area contributed by atoms with Crippen molar-refractivity contribution < 1.29 is 13.5 Å². The zero-order valence-electron chi connectivity index (χ0n) is 9.38. The monoisotopic (exact) mass is 226 g/mol. The van der Waals surface area contributed by atoms with Gasteiger partial charge in [-0.1, -0.05) is 6.07 Å². The molecular weight excluding hydrogens is 210 g/mol. The Morgan fingerprint density at radius 3 is 2.75 bits per heavy atom. The van der Waals surface area contributed by atoms with Crippen LogP contribution in [0.15, 0.2) is 18.2 Å². The van der Waals surface area contributed by atoms with Crippen molar-refractivity contribution in [3.63, 3.8) is 0 Å². The molecule has 0 N–H and O–H groups in total. The molecule has 2 rings (SSSR count). The van der Waals surface area contributed by atoms with Crippen LogP contribution in [0.1, 0.15) is 37.7 Å². The smallest absolute Gasteiger partial charge is 0.159 e. The second-order valence-corrected chi connectivity index (χ2v) is 4.26. The van der Waals surface area contributed by atoms with E-state index in [-0.39, 0.29) is 6.10 Å². The van der Waals surface area contributed by atoms with Crippen LogP contribution in [0.4, 0.5) is 8.78 Å². The van der Waals surface area contributed by atoms with E-state index in [1.807, 2.05) is 6.92 Å². The van der Waals surface area contributed by atoms with Gasteiger partial charge in [0.2, 0.25) is 0 Å². The summed E-state index contributed by atoms with van der Waals surface area (Å²) in [6.07, 6.45) is 3.20. The Morgan fingerprint density at radius 1 is 1.25 bits per heavy atom. The summed E-state index contributed by atoms with van der Waals surface area (Å²) >= 11 is 0. The zero-order valence-corrected chi connectivity index (χ0v) is 9.38. The molecule has 1 saturated carbocycles. The normalized spacial score (nSPS) is 24.9. The lowest BCUT2D eigenvalue weighted by atomic mass is 9.97. The van der Waals surface area contributed by atoms with E-state index in [9.17, 15) is 8.78 Å². The van der Waals surface area contributed by atoms with E-state index in [0.29, 0.717) is 5.92 Å². The first-order chi connectivity index (χ1) is 7.70. The van der Waals surface area contributed by atoms with Crippen LogP contribution in [0.25, 0.3) is 0 Å². The molecule has 0 amide bonds. The van der Waals surface area contributed by atoms with E-state index in [1.54, 1.807) is 6.07 Å². The second kappa shape index (κ2) is 4.91. The third-order valence-corrected chi connectivity index (χ3v) is 3.20. The van der Waals surface area contributed by atoms with Crippen molar-refractivity contribution in [2.45, 2.75) is 38.2 Å². The first-order valence-corrected chi connectivity index (χ1v) is 5.77. The Hall–Kier alpha value is -0.960. The third kappa shape index (κ3) is 2.40. The molecule has 1 aliphatic rings. The first kappa shape index (κ1) is 11.5. The van der Waals surface area contributed by atoms with Crippen molar-refractivity contribution in [1.29, 1.82) is 0 Å². The fourth-order valence-electron chi connectivity index (χ4n) is 2.40. The highest BCUT2D eigenvalue weighted by Gasteiger charge is 2.26. The Morgan fingerprint density at radius 2 is 2.06 bits per heavy atom. The van der Waals surface area contributed by atoms with Gasteiger partial charge in [-0.3, -0.25) is 0 Å². The molecule has 2 atom stereocenters. The van der Waals surface area contributed by atoms with Crippen LogP contribution in [0, 0.1) is 11.6 Å². The molecule has 0 bridgehead atoms. The van der Waals surface area contributed by atoms with Gasteiger partial charge in [-0.2, -0.15) is 0 Å². The standard InChI is InChI=1S/C13H16F2O/c1-2-16-11-5-3-9(7-11)10-4-6-12(14)13(15)8-10/h4,6,8-9,11H,2-3,5,7H2,1H3. The number of rotatable bonds is 3. The molecule has 0 spiro atoms. The largest absolute Gasteiger partial charge is 0.378 e. The molecule has 0 aliphatic heterocycles. The van der Waals surface area contributed by atoms with Crippen LogP contribution < -0.4 is 0 Å². The van der Waals surface area contributed by atoms with Crippen molar-refractivity contribution in [3.05, 3.63) is 35.4 Å². The van der Waals surface area contributed by atoms with Crippen LogP contribution in [-0.4, -0.2) is 12.7 Å². The molecule has 2 unspecified atom stereocenters. The third-order valence-electron chi connectivity index (χ3n) is 3.20. The SMILES string of the molecule is CCOC1CCC(c2ccc(F)c(F)c2)C1. The van der Waals surface area contributed by atoms with E-state index >= 15 is 0 Å². The van der Waals surface area contributed by atoms with Gasteiger partial charge >= 0.3 is 0 Å². The number of halogens is 2. The molecule has 88 valence electrons. The fraction of sp³-hybridized carbons (Fsp3) is 0.538. The summed E-state index contributed by atoms with van der Waals surface area (Å²) in [5, 5.41) is 0. The Balaban J connectivity index is 2.05. The van der Waals surface area contributed by atoms with Gasteiger partial charge in [0.15, 0.2) is 11.6 Å². The highest BCUT2D eigenvalue weighted by Crippen LogP contribution is 2.36. The predicted molar refractivity (Wildman–Crippen MR) is 58.4 cm³/mol. The van der Waals surface area contributed by atoms with Gasteiger partial charge in [0.1, 0.15) is 0 Å². The minimum Gasteiger partial charge on any atom is -0.378 e. The number of hydrogen-bond donors (Lipinski definition) is 0. The van der Waals surface area contributed by atoms with Gasteiger partial charge in [-0.15, -0.1) is 0 Å². The highest BCUT2D eigenvalue weighted by atomic mass is 19.2. The number of ether oxygens (including phenoxy) is 1. The highest BCUT2D eigenvalue weighted by molar-refractivity contribution is 5.23. The average Bonchev–Trinajstić information content (AvgIpc) is 2.71. The minimum absolute atomic E-state index is 0.281. The molecule has 1 aliphatic carbocycles. The van der Waals surface area contributed by atoms with Crippen LogP contribution >= 0.6 is 0 Å². The van der Waals surface area contributed by atoms with Gasteiger partial charge < -0.3 is 4.74 Å². The summed E-state index contributed by atoms with van der Waals surface area (Å²) in [6.45, 7) is 2.69. The maximum absolute atomic E-state index is 13.1. The van der Waals surface area contributed by atoms with Crippen molar-refractivity contribution in [1.82, 2.24) is 0 Å². The summed E-state index contributed by atoms with van der Waals surface area (Å²) in [7, 11) is 0. The van der Waals surface area contributed by atoms with Gasteiger partial charge in [0.25, 0.3) is 0 Å². The van der Waals surface area contributed by atoms with E-state index in [1.165, 1.54) is 12.1 Å². The second-order valence-electron chi connectivity index (χ2n) is 4.26. The molecular formula is C13H16F2O. The zero-order chi connectivity index (χ0) is 11.5. The van der Waals surface area contributed by atoms with E-state index < -0.39 is 11.6 Å². The Labute approximate surface area is 94.4 Å².